The average molecular weight is 396 g/mol. The van der Waals surface area contributed by atoms with Gasteiger partial charge in [-0.3, -0.25) is 19.5 Å². The highest BCUT2D eigenvalue weighted by Crippen LogP contribution is 2.20. The molecule has 1 aromatic heterocycles. The van der Waals surface area contributed by atoms with Crippen molar-refractivity contribution in [3.8, 4) is 0 Å². The molecule has 7 nitrogen and oxygen atoms in total. The number of rotatable bonds is 5. The van der Waals surface area contributed by atoms with Crippen molar-refractivity contribution in [1.82, 2.24) is 19.7 Å². The Kier molecular flexibility index (Phi) is 6.06. The maximum atomic E-state index is 13.1. The molecule has 2 fully saturated rings. The molecule has 2 saturated heterocycles. The molecular formula is C22H28N4O3. The van der Waals surface area contributed by atoms with E-state index in [9.17, 15) is 9.59 Å². The predicted octanol–water partition coefficient (Wildman–Crippen LogP) is 1.63. The van der Waals surface area contributed by atoms with Crippen LogP contribution in [0.25, 0.3) is 10.9 Å². The van der Waals surface area contributed by atoms with Gasteiger partial charge in [-0.2, -0.15) is 0 Å². The summed E-state index contributed by atoms with van der Waals surface area (Å²) in [6.07, 6.45) is 3.49. The maximum absolute atomic E-state index is 13.1. The highest BCUT2D eigenvalue weighted by Gasteiger charge is 2.36. The third kappa shape index (κ3) is 4.26. The van der Waals surface area contributed by atoms with Crippen LogP contribution in [0.15, 0.2) is 36.5 Å². The molecule has 0 N–H and O–H groups in total. The summed E-state index contributed by atoms with van der Waals surface area (Å²) < 4.78 is 5.11. The Morgan fingerprint density at radius 1 is 1.17 bits per heavy atom. The fourth-order valence-electron chi connectivity index (χ4n) is 4.33. The Hall–Kier alpha value is -2.51. The molecule has 2 amide bonds. The Balaban J connectivity index is 1.39. The normalized spacial score (nSPS) is 21.0. The van der Waals surface area contributed by atoms with Crippen LogP contribution in [0.4, 0.5) is 0 Å². The molecule has 0 saturated carbocycles. The quantitative estimate of drug-likeness (QED) is 0.769. The first kappa shape index (κ1) is 19.8. The largest absolute Gasteiger partial charge is 0.383 e. The third-order valence-corrected chi connectivity index (χ3v) is 5.94. The minimum absolute atomic E-state index is 0.0528. The van der Waals surface area contributed by atoms with Crippen LogP contribution in [0.1, 0.15) is 23.2 Å². The van der Waals surface area contributed by atoms with E-state index in [0.29, 0.717) is 31.8 Å². The van der Waals surface area contributed by atoms with E-state index in [2.05, 4.69) is 9.88 Å². The predicted molar refractivity (Wildman–Crippen MR) is 111 cm³/mol. The second-order valence-corrected chi connectivity index (χ2v) is 7.72. The van der Waals surface area contributed by atoms with Gasteiger partial charge in [0.05, 0.1) is 18.2 Å². The topological polar surface area (TPSA) is 66.0 Å². The van der Waals surface area contributed by atoms with E-state index in [1.54, 1.807) is 13.3 Å². The number of pyridine rings is 1. The Labute approximate surface area is 171 Å². The smallest absolute Gasteiger partial charge is 0.253 e. The summed E-state index contributed by atoms with van der Waals surface area (Å²) in [6, 6.07) is 9.47. The van der Waals surface area contributed by atoms with Crippen molar-refractivity contribution >= 4 is 22.7 Å². The number of amides is 2. The molecule has 0 radical (unpaired) electrons. The molecular weight excluding hydrogens is 368 g/mol. The number of hydrogen-bond donors (Lipinski definition) is 0. The summed E-state index contributed by atoms with van der Waals surface area (Å²) in [7, 11) is 1.66. The van der Waals surface area contributed by atoms with Crippen LogP contribution in [-0.2, 0) is 9.53 Å². The van der Waals surface area contributed by atoms with Gasteiger partial charge in [-0.05, 0) is 37.1 Å². The molecule has 3 heterocycles. The highest BCUT2D eigenvalue weighted by molar-refractivity contribution is 5.98. The van der Waals surface area contributed by atoms with Gasteiger partial charge in [-0.1, -0.05) is 6.07 Å². The molecule has 29 heavy (non-hydrogen) atoms. The lowest BCUT2D eigenvalue weighted by Gasteiger charge is -2.26. The zero-order chi connectivity index (χ0) is 20.2. The number of nitrogens with zero attached hydrogens (tertiary/aromatic N) is 4. The second kappa shape index (κ2) is 8.88. The molecule has 7 heteroatoms. The van der Waals surface area contributed by atoms with E-state index in [-0.39, 0.29) is 17.9 Å². The lowest BCUT2D eigenvalue weighted by molar-refractivity contribution is -0.132. The Morgan fingerprint density at radius 3 is 2.93 bits per heavy atom. The monoisotopic (exact) mass is 396 g/mol. The zero-order valence-corrected chi connectivity index (χ0v) is 16.9. The van der Waals surface area contributed by atoms with E-state index < -0.39 is 0 Å². The number of carbonyl (C=O) groups excluding carboxylic acids is 2. The first-order chi connectivity index (χ1) is 14.2. The number of fused-ring (bicyclic) bond motifs is 1. The van der Waals surface area contributed by atoms with Crippen LogP contribution in [0.3, 0.4) is 0 Å². The van der Waals surface area contributed by atoms with Gasteiger partial charge < -0.3 is 14.5 Å². The van der Waals surface area contributed by atoms with Crippen molar-refractivity contribution in [2.24, 2.45) is 0 Å². The fourth-order valence-corrected chi connectivity index (χ4v) is 4.33. The molecule has 2 aliphatic rings. The van der Waals surface area contributed by atoms with E-state index >= 15 is 0 Å². The second-order valence-electron chi connectivity index (χ2n) is 7.72. The molecule has 4 rings (SSSR count). The van der Waals surface area contributed by atoms with E-state index in [0.717, 1.165) is 43.4 Å². The van der Waals surface area contributed by atoms with Crippen molar-refractivity contribution in [2.45, 2.75) is 18.9 Å². The summed E-state index contributed by atoms with van der Waals surface area (Å²) in [5.74, 6) is 0.251. The molecule has 0 unspecified atom stereocenters. The van der Waals surface area contributed by atoms with Gasteiger partial charge in [0.25, 0.3) is 5.91 Å². The number of hydrogen-bond acceptors (Lipinski definition) is 5. The van der Waals surface area contributed by atoms with Crippen LogP contribution < -0.4 is 0 Å². The lowest BCUT2D eigenvalue weighted by Crippen LogP contribution is -2.44. The summed E-state index contributed by atoms with van der Waals surface area (Å²) in [5, 5.41) is 0.975. The molecule has 1 atom stereocenters. The van der Waals surface area contributed by atoms with E-state index in [1.165, 1.54) is 0 Å². The molecule has 1 aromatic carbocycles. The van der Waals surface area contributed by atoms with Crippen molar-refractivity contribution < 1.29 is 14.3 Å². The van der Waals surface area contributed by atoms with Crippen LogP contribution in [-0.4, -0.2) is 90.5 Å². The van der Waals surface area contributed by atoms with Gasteiger partial charge >= 0.3 is 0 Å². The minimum Gasteiger partial charge on any atom is -0.383 e. The summed E-state index contributed by atoms with van der Waals surface area (Å²) in [6.45, 7) is 4.95. The van der Waals surface area contributed by atoms with Crippen LogP contribution >= 0.6 is 0 Å². The lowest BCUT2D eigenvalue weighted by atomic mass is 10.1. The molecule has 154 valence electrons. The van der Waals surface area contributed by atoms with Crippen LogP contribution in [0, 0.1) is 0 Å². The van der Waals surface area contributed by atoms with Crippen LogP contribution in [0.5, 0.6) is 0 Å². The SMILES string of the molecule is COCCN1CC[C@H](N2CCCN(C(=O)c3ccc4ncccc4c3)CC2)C1=O. The number of carbonyl (C=O) groups is 2. The number of aromatic nitrogens is 1. The number of likely N-dealkylation sites (tertiary alicyclic amines) is 1. The van der Waals surface area contributed by atoms with Crippen molar-refractivity contribution in [3.63, 3.8) is 0 Å². The third-order valence-electron chi connectivity index (χ3n) is 5.94. The Morgan fingerprint density at radius 2 is 2.07 bits per heavy atom. The van der Waals surface area contributed by atoms with Gasteiger partial charge in [0, 0.05) is 63.5 Å². The van der Waals surface area contributed by atoms with Crippen molar-refractivity contribution in [1.29, 1.82) is 0 Å². The van der Waals surface area contributed by atoms with E-state index in [1.807, 2.05) is 40.1 Å². The van der Waals surface area contributed by atoms with Gasteiger partial charge in [-0.25, -0.2) is 0 Å². The van der Waals surface area contributed by atoms with E-state index in [4.69, 9.17) is 4.74 Å². The summed E-state index contributed by atoms with van der Waals surface area (Å²) >= 11 is 0. The van der Waals surface area contributed by atoms with Gasteiger partial charge in [0.1, 0.15) is 0 Å². The standard InChI is InChI=1S/C22H28N4O3/c1-29-15-14-26-11-7-20(22(26)28)24-9-3-10-25(13-12-24)21(27)18-5-6-19-17(16-18)4-2-8-23-19/h2,4-6,8,16,20H,3,7,9-15H2,1H3/t20-/m0/s1. The van der Waals surface area contributed by atoms with Crippen molar-refractivity contribution in [3.05, 3.63) is 42.1 Å². The first-order valence-electron chi connectivity index (χ1n) is 10.3. The summed E-state index contributed by atoms with van der Waals surface area (Å²) in [5.41, 5.74) is 1.59. The number of benzene rings is 1. The minimum atomic E-state index is -0.0614. The molecule has 2 aromatic rings. The van der Waals surface area contributed by atoms with Crippen molar-refractivity contribution in [2.75, 3.05) is 53.0 Å². The average Bonchev–Trinajstić information content (AvgIpc) is 2.96. The molecule has 0 aliphatic carbocycles. The fraction of sp³-hybridized carbons (Fsp3) is 0.500. The van der Waals surface area contributed by atoms with Gasteiger partial charge in [0.2, 0.25) is 5.91 Å². The number of methoxy groups -OCH3 is 1. The first-order valence-corrected chi connectivity index (χ1v) is 10.3. The highest BCUT2D eigenvalue weighted by atomic mass is 16.5. The molecule has 0 spiro atoms. The van der Waals surface area contributed by atoms with Gasteiger partial charge in [0.15, 0.2) is 0 Å². The maximum Gasteiger partial charge on any atom is 0.253 e. The number of ether oxygens (including phenoxy) is 1. The Bertz CT molecular complexity index is 887. The molecule has 0 bridgehead atoms. The van der Waals surface area contributed by atoms with Crippen LogP contribution in [0.2, 0.25) is 0 Å². The summed E-state index contributed by atoms with van der Waals surface area (Å²) in [4.78, 5) is 36.2. The zero-order valence-electron chi connectivity index (χ0n) is 16.9. The van der Waals surface area contributed by atoms with Gasteiger partial charge in [-0.15, -0.1) is 0 Å². The molecule has 2 aliphatic heterocycles.